The Labute approximate surface area is 140 Å². The van der Waals surface area contributed by atoms with Gasteiger partial charge < -0.3 is 14.9 Å². The van der Waals surface area contributed by atoms with Crippen molar-refractivity contribution in [3.8, 4) is 5.75 Å². The van der Waals surface area contributed by atoms with E-state index in [1.807, 2.05) is 6.92 Å². The first-order valence-electron chi connectivity index (χ1n) is 8.73. The van der Waals surface area contributed by atoms with Crippen LogP contribution in [0.5, 0.6) is 5.75 Å². The van der Waals surface area contributed by atoms with E-state index in [1.54, 1.807) is 7.11 Å². The monoisotopic (exact) mass is 338 g/mol. The van der Waals surface area contributed by atoms with Crippen LogP contribution in [0, 0.1) is 23.1 Å². The van der Waals surface area contributed by atoms with Crippen molar-refractivity contribution in [3.05, 3.63) is 29.1 Å². The molecule has 0 saturated heterocycles. The summed E-state index contributed by atoms with van der Waals surface area (Å²) in [4.78, 5) is 0. The molecule has 132 valence electrons. The molecule has 0 radical (unpaired) electrons. The molecular weight excluding hydrogens is 314 g/mol. The van der Waals surface area contributed by atoms with Gasteiger partial charge in [0.25, 0.3) is 0 Å². The lowest BCUT2D eigenvalue weighted by Crippen LogP contribution is -2.51. The average Bonchev–Trinajstić information content (AvgIpc) is 2.78. The summed E-state index contributed by atoms with van der Waals surface area (Å²) in [6.45, 7) is 1.97. The van der Waals surface area contributed by atoms with Gasteiger partial charge in [0.1, 0.15) is 6.17 Å². The van der Waals surface area contributed by atoms with Gasteiger partial charge in [-0.1, -0.05) is 6.92 Å². The van der Waals surface area contributed by atoms with Gasteiger partial charge in [0, 0.05) is 18.4 Å². The predicted molar refractivity (Wildman–Crippen MR) is 85.1 cm³/mol. The van der Waals surface area contributed by atoms with Crippen LogP contribution in [0.25, 0.3) is 0 Å². The summed E-state index contributed by atoms with van der Waals surface area (Å²) >= 11 is 0. The van der Waals surface area contributed by atoms with Gasteiger partial charge in [-0.2, -0.15) is 0 Å². The molecule has 2 saturated carbocycles. The lowest BCUT2D eigenvalue weighted by Gasteiger charge is -2.52. The summed E-state index contributed by atoms with van der Waals surface area (Å²) in [5, 5.41) is 20.1. The molecule has 5 heteroatoms. The topological polar surface area (TPSA) is 49.7 Å². The summed E-state index contributed by atoms with van der Waals surface area (Å²) in [7, 11) is 1.63. The van der Waals surface area contributed by atoms with Crippen molar-refractivity contribution in [2.45, 2.75) is 56.9 Å². The van der Waals surface area contributed by atoms with Crippen molar-refractivity contribution < 1.29 is 23.7 Å². The smallest absolute Gasteiger partial charge is 0.165 e. The SMILES string of the molecule is CO[C@H]1C[C@]2(C)[C@H](O)[C@H](F)C[C@H]2[C@@H]2CCc3cc(O)c(F)cc3[C@H]21. The van der Waals surface area contributed by atoms with Crippen LogP contribution in [0.1, 0.15) is 43.2 Å². The molecule has 2 fully saturated rings. The molecule has 2 N–H and O–H groups in total. The number of phenolic OH excluding ortho intramolecular Hbond substituents is 1. The van der Waals surface area contributed by atoms with Crippen LogP contribution >= 0.6 is 0 Å². The summed E-state index contributed by atoms with van der Waals surface area (Å²) < 4.78 is 34.0. The molecule has 0 bridgehead atoms. The number of alkyl halides is 1. The molecule has 24 heavy (non-hydrogen) atoms. The van der Waals surface area contributed by atoms with Crippen molar-refractivity contribution in [2.75, 3.05) is 7.11 Å². The van der Waals surface area contributed by atoms with Crippen LogP contribution in [0.3, 0.4) is 0 Å². The maximum absolute atomic E-state index is 14.3. The maximum Gasteiger partial charge on any atom is 0.165 e. The van der Waals surface area contributed by atoms with E-state index in [2.05, 4.69) is 0 Å². The Kier molecular flexibility index (Phi) is 3.66. The first-order chi connectivity index (χ1) is 11.4. The molecule has 0 aromatic heterocycles. The molecule has 1 aromatic carbocycles. The van der Waals surface area contributed by atoms with Gasteiger partial charge in [0.2, 0.25) is 0 Å². The summed E-state index contributed by atoms with van der Waals surface area (Å²) in [5.41, 5.74) is 1.34. The standard InChI is InChI=1S/C19H24F2O3/c1-19-8-16(24-2)17-10(12(19)7-14(21)18(19)23)4-3-9-5-15(22)13(20)6-11(9)17/h5-6,10,12,14,16-18,22-23H,3-4,7-8H2,1-2H3/t10-,12-,14+,16-,17-,18+,19-/m0/s1. The van der Waals surface area contributed by atoms with Crippen LogP contribution in [0.15, 0.2) is 12.1 Å². The highest BCUT2D eigenvalue weighted by molar-refractivity contribution is 5.42. The number of hydrogen-bond donors (Lipinski definition) is 2. The molecule has 3 aliphatic rings. The Morgan fingerprint density at radius 3 is 2.79 bits per heavy atom. The maximum atomic E-state index is 14.3. The highest BCUT2D eigenvalue weighted by atomic mass is 19.1. The molecular formula is C19H24F2O3. The van der Waals surface area contributed by atoms with Crippen LogP contribution in [-0.4, -0.2) is 35.7 Å². The summed E-state index contributed by atoms with van der Waals surface area (Å²) in [6.07, 6.45) is 0.180. The lowest BCUT2D eigenvalue weighted by atomic mass is 9.54. The second-order valence-corrected chi connectivity index (χ2v) is 8.02. The minimum atomic E-state index is -1.20. The molecule has 7 atom stereocenters. The Morgan fingerprint density at radius 2 is 2.08 bits per heavy atom. The Morgan fingerprint density at radius 1 is 1.33 bits per heavy atom. The third kappa shape index (κ3) is 2.07. The third-order valence-electron chi connectivity index (χ3n) is 6.98. The number of aryl methyl sites for hydroxylation is 1. The van der Waals surface area contributed by atoms with Crippen molar-refractivity contribution in [1.29, 1.82) is 0 Å². The van der Waals surface area contributed by atoms with Crippen molar-refractivity contribution in [2.24, 2.45) is 17.3 Å². The number of hydrogen-bond acceptors (Lipinski definition) is 3. The number of aliphatic hydroxyl groups is 1. The molecule has 0 amide bonds. The average molecular weight is 338 g/mol. The Bertz CT molecular complexity index is 664. The van der Waals surface area contributed by atoms with Crippen molar-refractivity contribution >= 4 is 0 Å². The zero-order valence-corrected chi connectivity index (χ0v) is 14.0. The number of methoxy groups -OCH3 is 1. The number of benzene rings is 1. The quantitative estimate of drug-likeness (QED) is 0.826. The molecule has 3 aliphatic carbocycles. The first-order valence-corrected chi connectivity index (χ1v) is 8.73. The van der Waals surface area contributed by atoms with Gasteiger partial charge in [0.05, 0.1) is 12.2 Å². The van der Waals surface area contributed by atoms with Gasteiger partial charge in [-0.15, -0.1) is 0 Å². The molecule has 0 unspecified atom stereocenters. The van der Waals surface area contributed by atoms with E-state index in [0.717, 1.165) is 24.0 Å². The Balaban J connectivity index is 1.80. The number of phenols is 1. The van der Waals surface area contributed by atoms with Gasteiger partial charge >= 0.3 is 0 Å². The number of aliphatic hydroxyl groups excluding tert-OH is 1. The first kappa shape index (κ1) is 16.3. The lowest BCUT2D eigenvalue weighted by molar-refractivity contribution is -0.0978. The van der Waals surface area contributed by atoms with Gasteiger partial charge in [-0.05, 0) is 60.8 Å². The van der Waals surface area contributed by atoms with Crippen molar-refractivity contribution in [3.63, 3.8) is 0 Å². The molecule has 1 aromatic rings. The predicted octanol–water partition coefficient (Wildman–Crippen LogP) is 3.32. The van der Waals surface area contributed by atoms with E-state index in [-0.39, 0.29) is 29.6 Å². The van der Waals surface area contributed by atoms with E-state index < -0.39 is 23.5 Å². The zero-order chi connectivity index (χ0) is 17.2. The van der Waals surface area contributed by atoms with E-state index in [4.69, 9.17) is 4.74 Å². The second kappa shape index (κ2) is 5.40. The molecule has 0 heterocycles. The minimum Gasteiger partial charge on any atom is -0.505 e. The largest absolute Gasteiger partial charge is 0.505 e. The van der Waals surface area contributed by atoms with Crippen LogP contribution in [-0.2, 0) is 11.2 Å². The van der Waals surface area contributed by atoms with E-state index in [1.165, 1.54) is 12.1 Å². The molecule has 4 rings (SSSR count). The van der Waals surface area contributed by atoms with Crippen LogP contribution in [0.2, 0.25) is 0 Å². The minimum absolute atomic E-state index is 0.00979. The molecule has 0 aliphatic heterocycles. The summed E-state index contributed by atoms with van der Waals surface area (Å²) in [5.74, 6) is -0.705. The van der Waals surface area contributed by atoms with E-state index >= 15 is 0 Å². The van der Waals surface area contributed by atoms with Gasteiger partial charge in [0.15, 0.2) is 11.6 Å². The van der Waals surface area contributed by atoms with Gasteiger partial charge in [-0.3, -0.25) is 0 Å². The third-order valence-corrected chi connectivity index (χ3v) is 6.98. The fraction of sp³-hybridized carbons (Fsp3) is 0.684. The highest BCUT2D eigenvalue weighted by Crippen LogP contribution is 2.62. The van der Waals surface area contributed by atoms with Crippen LogP contribution in [0.4, 0.5) is 8.78 Å². The number of aromatic hydroxyl groups is 1. The highest BCUT2D eigenvalue weighted by Gasteiger charge is 2.61. The van der Waals surface area contributed by atoms with E-state index in [0.29, 0.717) is 12.8 Å². The van der Waals surface area contributed by atoms with Gasteiger partial charge in [-0.25, -0.2) is 8.78 Å². The number of fused-ring (bicyclic) bond motifs is 5. The molecule has 3 nitrogen and oxygen atoms in total. The number of ether oxygens (including phenoxy) is 1. The fourth-order valence-corrected chi connectivity index (χ4v) is 5.81. The number of halogens is 2. The fourth-order valence-electron chi connectivity index (χ4n) is 5.81. The van der Waals surface area contributed by atoms with E-state index in [9.17, 15) is 19.0 Å². The van der Waals surface area contributed by atoms with Crippen molar-refractivity contribution in [1.82, 2.24) is 0 Å². The zero-order valence-electron chi connectivity index (χ0n) is 14.0. The second-order valence-electron chi connectivity index (χ2n) is 8.02. The normalized spacial score (nSPS) is 43.9. The van der Waals surface area contributed by atoms with Crippen LogP contribution < -0.4 is 0 Å². The summed E-state index contributed by atoms with van der Waals surface area (Å²) in [6, 6.07) is 2.94. The Hall–Kier alpha value is -1.20. The number of rotatable bonds is 1. The molecule has 0 spiro atoms.